The molecule has 0 heterocycles. The zero-order valence-electron chi connectivity index (χ0n) is 15.9. The van der Waals surface area contributed by atoms with Crippen LogP contribution < -0.4 is 0 Å². The highest BCUT2D eigenvalue weighted by atomic mass is 19.4. The molecule has 0 atom stereocenters. The molecule has 6 heteroatoms. The highest BCUT2D eigenvalue weighted by Gasteiger charge is 2.29. The van der Waals surface area contributed by atoms with Gasteiger partial charge in [-0.3, -0.25) is 4.79 Å². The molecule has 2 aromatic rings. The van der Waals surface area contributed by atoms with Gasteiger partial charge in [0.05, 0.1) is 18.9 Å². The quantitative estimate of drug-likeness (QED) is 0.501. The van der Waals surface area contributed by atoms with Crippen LogP contribution in [0.3, 0.4) is 0 Å². The SMILES string of the molecule is CC(=O)O.COC=C1CC=Cc2ccc(C#Cc3ccc(C(F)(F)F)cc3)cc21. The van der Waals surface area contributed by atoms with Crippen molar-refractivity contribution in [1.29, 1.82) is 0 Å². The summed E-state index contributed by atoms with van der Waals surface area (Å²) in [6.45, 7) is 1.08. The number of hydrogen-bond acceptors (Lipinski definition) is 2. The van der Waals surface area contributed by atoms with E-state index >= 15 is 0 Å². The number of carbonyl (C=O) groups is 1. The highest BCUT2D eigenvalue weighted by Crippen LogP contribution is 2.30. The molecular weight excluding hydrogens is 381 g/mol. The number of benzene rings is 2. The summed E-state index contributed by atoms with van der Waals surface area (Å²) in [5, 5.41) is 7.42. The van der Waals surface area contributed by atoms with Gasteiger partial charge in [0, 0.05) is 18.1 Å². The Labute approximate surface area is 167 Å². The van der Waals surface area contributed by atoms with Gasteiger partial charge in [-0.1, -0.05) is 30.1 Å². The van der Waals surface area contributed by atoms with Gasteiger partial charge >= 0.3 is 6.18 Å². The molecule has 3 nitrogen and oxygen atoms in total. The molecule has 1 aliphatic rings. The van der Waals surface area contributed by atoms with E-state index in [1.54, 1.807) is 13.4 Å². The minimum absolute atomic E-state index is 0.540. The first-order chi connectivity index (χ1) is 13.7. The zero-order valence-corrected chi connectivity index (χ0v) is 15.9. The summed E-state index contributed by atoms with van der Waals surface area (Å²) in [7, 11) is 1.61. The first-order valence-electron chi connectivity index (χ1n) is 8.62. The predicted molar refractivity (Wildman–Crippen MR) is 106 cm³/mol. The van der Waals surface area contributed by atoms with E-state index in [0.29, 0.717) is 5.56 Å². The molecule has 0 saturated heterocycles. The number of carboxylic acid groups (broad SMARTS) is 1. The van der Waals surface area contributed by atoms with Gasteiger partial charge in [0.2, 0.25) is 0 Å². The molecule has 0 aromatic heterocycles. The molecule has 0 saturated carbocycles. The van der Waals surface area contributed by atoms with E-state index in [1.165, 1.54) is 12.1 Å². The molecule has 29 heavy (non-hydrogen) atoms. The Morgan fingerprint density at radius 3 is 2.28 bits per heavy atom. The maximum atomic E-state index is 12.6. The van der Waals surface area contributed by atoms with Gasteiger partial charge in [-0.05, 0) is 59.5 Å². The van der Waals surface area contributed by atoms with Crippen molar-refractivity contribution in [1.82, 2.24) is 0 Å². The van der Waals surface area contributed by atoms with Crippen LogP contribution in [0.1, 0.15) is 41.2 Å². The lowest BCUT2D eigenvalue weighted by Gasteiger charge is -2.14. The van der Waals surface area contributed by atoms with Crippen LogP contribution in [0.2, 0.25) is 0 Å². The Morgan fingerprint density at radius 2 is 1.69 bits per heavy atom. The van der Waals surface area contributed by atoms with Gasteiger partial charge in [0.1, 0.15) is 0 Å². The summed E-state index contributed by atoms with van der Waals surface area (Å²) in [4.78, 5) is 9.00. The summed E-state index contributed by atoms with van der Waals surface area (Å²) in [5.41, 5.74) is 3.89. The zero-order chi connectivity index (χ0) is 21.4. The molecule has 0 unspecified atom stereocenters. The number of halogens is 3. The maximum absolute atomic E-state index is 12.6. The minimum Gasteiger partial charge on any atom is -0.504 e. The second-order valence-corrected chi connectivity index (χ2v) is 6.13. The third-order valence-electron chi connectivity index (χ3n) is 3.86. The number of aliphatic carboxylic acids is 1. The van der Waals surface area contributed by atoms with Crippen molar-refractivity contribution >= 4 is 17.6 Å². The molecule has 0 amide bonds. The van der Waals surface area contributed by atoms with Crippen molar-refractivity contribution in [2.45, 2.75) is 19.5 Å². The molecule has 0 aliphatic heterocycles. The summed E-state index contributed by atoms with van der Waals surface area (Å²) in [6, 6.07) is 10.7. The van der Waals surface area contributed by atoms with Crippen LogP contribution in [0.4, 0.5) is 13.2 Å². The molecule has 2 aromatic carbocycles. The summed E-state index contributed by atoms with van der Waals surface area (Å²) in [5.74, 6) is 5.08. The average molecular weight is 400 g/mol. The highest BCUT2D eigenvalue weighted by molar-refractivity contribution is 5.79. The lowest BCUT2D eigenvalue weighted by atomic mass is 9.91. The fraction of sp³-hybridized carbons (Fsp3) is 0.174. The second-order valence-electron chi connectivity index (χ2n) is 6.13. The number of fused-ring (bicyclic) bond motifs is 1. The van der Waals surface area contributed by atoms with Gasteiger partial charge in [-0.25, -0.2) is 0 Å². The van der Waals surface area contributed by atoms with Crippen LogP contribution in [0.25, 0.3) is 11.6 Å². The standard InChI is InChI=1S/C21H15F3O.C2H4O2/c1-25-14-18-4-2-3-17-10-7-16(13-20(17)18)6-5-15-8-11-19(12-9-15)21(22,23)24;1-2(3)4/h2-3,7-14H,4H2,1H3;1H3,(H,3,4). The number of allylic oxidation sites excluding steroid dienone is 2. The number of carboxylic acids is 1. The number of alkyl halides is 3. The van der Waals surface area contributed by atoms with Gasteiger partial charge < -0.3 is 9.84 Å². The molecule has 0 fully saturated rings. The number of hydrogen-bond donors (Lipinski definition) is 1. The fourth-order valence-corrected chi connectivity index (χ4v) is 2.62. The van der Waals surface area contributed by atoms with Crippen LogP contribution in [-0.2, 0) is 15.7 Å². The average Bonchev–Trinajstić information content (AvgIpc) is 2.66. The van der Waals surface area contributed by atoms with Gasteiger partial charge in [0.15, 0.2) is 0 Å². The normalized spacial score (nSPS) is 13.5. The summed E-state index contributed by atoms with van der Waals surface area (Å²) < 4.78 is 42.8. The minimum atomic E-state index is -4.33. The van der Waals surface area contributed by atoms with Crippen molar-refractivity contribution in [3.05, 3.63) is 82.6 Å². The Bertz CT molecular complexity index is 985. The lowest BCUT2D eigenvalue weighted by molar-refractivity contribution is -0.137. The van der Waals surface area contributed by atoms with E-state index in [1.807, 2.05) is 18.2 Å². The monoisotopic (exact) mass is 400 g/mol. The fourth-order valence-electron chi connectivity index (χ4n) is 2.62. The second kappa shape index (κ2) is 9.65. The summed E-state index contributed by atoms with van der Waals surface area (Å²) >= 11 is 0. The van der Waals surface area contributed by atoms with E-state index in [9.17, 15) is 13.2 Å². The Hall–Kier alpha value is -3.46. The van der Waals surface area contributed by atoms with Gasteiger partial charge in [-0.15, -0.1) is 0 Å². The van der Waals surface area contributed by atoms with E-state index in [2.05, 4.69) is 24.0 Å². The summed E-state index contributed by atoms with van der Waals surface area (Å²) in [6.07, 6.45) is 2.30. The van der Waals surface area contributed by atoms with E-state index in [4.69, 9.17) is 14.6 Å². The number of rotatable bonds is 1. The van der Waals surface area contributed by atoms with Crippen LogP contribution >= 0.6 is 0 Å². The topological polar surface area (TPSA) is 46.5 Å². The molecule has 3 rings (SSSR count). The predicted octanol–water partition coefficient (Wildman–Crippen LogP) is 5.60. The largest absolute Gasteiger partial charge is 0.504 e. The number of methoxy groups -OCH3 is 1. The van der Waals surface area contributed by atoms with Crippen molar-refractivity contribution in [3.8, 4) is 11.8 Å². The maximum Gasteiger partial charge on any atom is 0.416 e. The molecule has 1 aliphatic carbocycles. The third kappa shape index (κ3) is 6.58. The van der Waals surface area contributed by atoms with Crippen molar-refractivity contribution in [2.24, 2.45) is 0 Å². The molecule has 0 spiro atoms. The Kier molecular flexibility index (Phi) is 7.27. The van der Waals surface area contributed by atoms with Gasteiger partial charge in [0.25, 0.3) is 5.97 Å². The third-order valence-corrected chi connectivity index (χ3v) is 3.86. The van der Waals surface area contributed by atoms with Crippen molar-refractivity contribution < 1.29 is 27.8 Å². The smallest absolute Gasteiger partial charge is 0.416 e. The molecular formula is C23H19F3O3. The first kappa shape index (κ1) is 21.8. The van der Waals surface area contributed by atoms with E-state index in [-0.39, 0.29) is 0 Å². The molecule has 150 valence electrons. The van der Waals surface area contributed by atoms with Crippen LogP contribution in [-0.4, -0.2) is 18.2 Å². The molecule has 1 N–H and O–H groups in total. The Balaban J connectivity index is 0.000000687. The van der Waals surface area contributed by atoms with Crippen molar-refractivity contribution in [2.75, 3.05) is 7.11 Å². The van der Waals surface area contributed by atoms with Crippen LogP contribution in [0.5, 0.6) is 0 Å². The Morgan fingerprint density at radius 1 is 1.10 bits per heavy atom. The number of ether oxygens (including phenoxy) is 1. The molecule has 0 bridgehead atoms. The van der Waals surface area contributed by atoms with Gasteiger partial charge in [-0.2, -0.15) is 13.2 Å². The van der Waals surface area contributed by atoms with Crippen LogP contribution in [0, 0.1) is 11.8 Å². The van der Waals surface area contributed by atoms with Crippen LogP contribution in [0.15, 0.2) is 54.8 Å². The first-order valence-corrected chi connectivity index (χ1v) is 8.62. The van der Waals surface area contributed by atoms with E-state index < -0.39 is 17.7 Å². The van der Waals surface area contributed by atoms with Crippen molar-refractivity contribution in [3.63, 3.8) is 0 Å². The van der Waals surface area contributed by atoms with E-state index in [0.717, 1.165) is 47.7 Å². The molecule has 0 radical (unpaired) electrons. The lowest BCUT2D eigenvalue weighted by Crippen LogP contribution is -2.04.